The van der Waals surface area contributed by atoms with Crippen molar-refractivity contribution in [3.8, 4) is 0 Å². The van der Waals surface area contributed by atoms with Crippen LogP contribution in [0.3, 0.4) is 0 Å². The molecule has 0 aliphatic carbocycles. The largest absolute Gasteiger partial charge is 0.481 e. The average molecular weight is 271 g/mol. The van der Waals surface area contributed by atoms with Crippen LogP contribution in [0.5, 0.6) is 0 Å². The van der Waals surface area contributed by atoms with Crippen molar-refractivity contribution in [2.75, 3.05) is 33.0 Å². The summed E-state index contributed by atoms with van der Waals surface area (Å²) in [5.74, 6) is -0.463. The van der Waals surface area contributed by atoms with E-state index in [1.165, 1.54) is 0 Å². The quantitative estimate of drug-likeness (QED) is 0.806. The lowest BCUT2D eigenvalue weighted by Crippen LogP contribution is -2.50. The summed E-state index contributed by atoms with van der Waals surface area (Å²) in [7, 11) is 0. The Morgan fingerprint density at radius 1 is 1.11 bits per heavy atom. The van der Waals surface area contributed by atoms with Crippen LogP contribution < -0.4 is 0 Å². The Labute approximate surface area is 112 Å². The molecule has 2 aliphatic heterocycles. The van der Waals surface area contributed by atoms with Gasteiger partial charge in [-0.05, 0) is 18.8 Å². The van der Waals surface area contributed by atoms with Gasteiger partial charge in [0.15, 0.2) is 0 Å². The van der Waals surface area contributed by atoms with Gasteiger partial charge in [-0.3, -0.25) is 9.59 Å². The van der Waals surface area contributed by atoms with Crippen molar-refractivity contribution in [1.82, 2.24) is 4.90 Å². The first-order chi connectivity index (χ1) is 9.16. The molecule has 1 amide bonds. The first-order valence-corrected chi connectivity index (χ1v) is 6.83. The number of hydrogen-bond donors (Lipinski definition) is 1. The van der Waals surface area contributed by atoms with Crippen molar-refractivity contribution in [2.24, 2.45) is 5.92 Å². The van der Waals surface area contributed by atoms with Crippen LogP contribution in [0.2, 0.25) is 0 Å². The van der Waals surface area contributed by atoms with Gasteiger partial charge < -0.3 is 19.5 Å². The van der Waals surface area contributed by atoms with Crippen molar-refractivity contribution in [3.63, 3.8) is 0 Å². The molecule has 0 saturated carbocycles. The van der Waals surface area contributed by atoms with Crippen molar-refractivity contribution >= 4 is 11.9 Å². The van der Waals surface area contributed by atoms with Crippen LogP contribution >= 0.6 is 0 Å². The van der Waals surface area contributed by atoms with Crippen LogP contribution in [0.25, 0.3) is 0 Å². The molecule has 0 aromatic rings. The van der Waals surface area contributed by atoms with E-state index in [0.29, 0.717) is 32.1 Å². The minimum atomic E-state index is -0.889. The Hall–Kier alpha value is -1.14. The number of ether oxygens (including phenoxy) is 2. The van der Waals surface area contributed by atoms with Gasteiger partial charge in [0.05, 0.1) is 25.7 Å². The lowest BCUT2D eigenvalue weighted by atomic mass is 9.95. The standard InChI is InChI=1S/C13H21NO5/c15-12(7-10-1-4-18-5-2-10)14-3-6-19-9-11(14)8-13(16)17/h10-11H,1-9H2,(H,16,17). The highest BCUT2D eigenvalue weighted by atomic mass is 16.5. The lowest BCUT2D eigenvalue weighted by molar-refractivity contribution is -0.147. The van der Waals surface area contributed by atoms with Crippen molar-refractivity contribution in [3.05, 3.63) is 0 Å². The number of hydrogen-bond acceptors (Lipinski definition) is 4. The number of rotatable bonds is 4. The fourth-order valence-electron chi connectivity index (χ4n) is 2.67. The third kappa shape index (κ3) is 4.18. The molecule has 0 bridgehead atoms. The van der Waals surface area contributed by atoms with Gasteiger partial charge in [-0.25, -0.2) is 0 Å². The molecule has 6 nitrogen and oxygen atoms in total. The van der Waals surface area contributed by atoms with Crippen LogP contribution in [-0.2, 0) is 19.1 Å². The van der Waals surface area contributed by atoms with Gasteiger partial charge in [0.1, 0.15) is 0 Å². The Balaban J connectivity index is 1.88. The number of aliphatic carboxylic acids is 1. The first-order valence-electron chi connectivity index (χ1n) is 6.83. The van der Waals surface area contributed by atoms with E-state index in [9.17, 15) is 9.59 Å². The van der Waals surface area contributed by atoms with Crippen molar-refractivity contribution in [2.45, 2.75) is 31.7 Å². The van der Waals surface area contributed by atoms with E-state index < -0.39 is 5.97 Å². The number of carbonyl (C=O) groups is 2. The van der Waals surface area contributed by atoms with E-state index in [4.69, 9.17) is 14.6 Å². The summed E-state index contributed by atoms with van der Waals surface area (Å²) >= 11 is 0. The van der Waals surface area contributed by atoms with Crippen LogP contribution in [0, 0.1) is 5.92 Å². The summed E-state index contributed by atoms with van der Waals surface area (Å²) in [6.07, 6.45) is 2.29. The molecular weight excluding hydrogens is 250 g/mol. The topological polar surface area (TPSA) is 76.1 Å². The van der Waals surface area contributed by atoms with Crippen LogP contribution in [0.15, 0.2) is 0 Å². The zero-order chi connectivity index (χ0) is 13.7. The van der Waals surface area contributed by atoms with E-state index in [0.717, 1.165) is 26.1 Å². The third-order valence-corrected chi connectivity index (χ3v) is 3.76. The smallest absolute Gasteiger partial charge is 0.305 e. The summed E-state index contributed by atoms with van der Waals surface area (Å²) in [4.78, 5) is 24.8. The van der Waals surface area contributed by atoms with Gasteiger partial charge in [0, 0.05) is 26.2 Å². The number of morpholine rings is 1. The molecule has 1 N–H and O–H groups in total. The zero-order valence-electron chi connectivity index (χ0n) is 11.0. The van der Waals surface area contributed by atoms with Gasteiger partial charge in [-0.2, -0.15) is 0 Å². The fraction of sp³-hybridized carbons (Fsp3) is 0.846. The molecule has 2 saturated heterocycles. The van der Waals surface area contributed by atoms with E-state index >= 15 is 0 Å². The van der Waals surface area contributed by atoms with E-state index in [-0.39, 0.29) is 18.4 Å². The Morgan fingerprint density at radius 2 is 1.84 bits per heavy atom. The molecule has 0 radical (unpaired) electrons. The maximum Gasteiger partial charge on any atom is 0.305 e. The molecule has 2 heterocycles. The maximum absolute atomic E-state index is 12.3. The van der Waals surface area contributed by atoms with Crippen LogP contribution in [-0.4, -0.2) is 60.9 Å². The number of carboxylic acid groups (broad SMARTS) is 1. The molecule has 2 rings (SSSR count). The van der Waals surface area contributed by atoms with Gasteiger partial charge in [0.2, 0.25) is 5.91 Å². The summed E-state index contributed by atoms with van der Waals surface area (Å²) in [5, 5.41) is 8.88. The highest BCUT2D eigenvalue weighted by Crippen LogP contribution is 2.21. The monoisotopic (exact) mass is 271 g/mol. The number of amides is 1. The molecule has 0 aromatic heterocycles. The van der Waals surface area contributed by atoms with Gasteiger partial charge in [-0.1, -0.05) is 0 Å². The molecule has 108 valence electrons. The second-order valence-electron chi connectivity index (χ2n) is 5.17. The lowest BCUT2D eigenvalue weighted by Gasteiger charge is -2.36. The molecular formula is C13H21NO5. The summed E-state index contributed by atoms with van der Waals surface area (Å²) in [6.45, 7) is 2.76. The minimum Gasteiger partial charge on any atom is -0.481 e. The van der Waals surface area contributed by atoms with Gasteiger partial charge in [-0.15, -0.1) is 0 Å². The summed E-state index contributed by atoms with van der Waals surface area (Å²) < 4.78 is 10.6. The number of carbonyl (C=O) groups excluding carboxylic acids is 1. The predicted molar refractivity (Wildman–Crippen MR) is 66.7 cm³/mol. The molecule has 2 fully saturated rings. The second kappa shape index (κ2) is 6.86. The van der Waals surface area contributed by atoms with Crippen LogP contribution in [0.4, 0.5) is 0 Å². The van der Waals surface area contributed by atoms with E-state index in [1.807, 2.05) is 0 Å². The number of carboxylic acids is 1. The van der Waals surface area contributed by atoms with Crippen molar-refractivity contribution < 1.29 is 24.2 Å². The van der Waals surface area contributed by atoms with Crippen LogP contribution in [0.1, 0.15) is 25.7 Å². The Bertz CT molecular complexity index is 327. The molecule has 6 heteroatoms. The normalized spacial score (nSPS) is 25.3. The SMILES string of the molecule is O=C(O)CC1COCCN1C(=O)CC1CCOCC1. The Morgan fingerprint density at radius 3 is 2.53 bits per heavy atom. The predicted octanol–water partition coefficient (Wildman–Crippen LogP) is 0.505. The molecule has 1 atom stereocenters. The minimum absolute atomic E-state index is 0.0421. The van der Waals surface area contributed by atoms with E-state index in [1.54, 1.807) is 4.90 Å². The molecule has 0 aromatic carbocycles. The Kier molecular flexibility index (Phi) is 5.15. The van der Waals surface area contributed by atoms with Gasteiger partial charge in [0.25, 0.3) is 0 Å². The second-order valence-corrected chi connectivity index (χ2v) is 5.17. The molecule has 1 unspecified atom stereocenters. The molecule has 19 heavy (non-hydrogen) atoms. The fourth-order valence-corrected chi connectivity index (χ4v) is 2.67. The van der Waals surface area contributed by atoms with E-state index in [2.05, 4.69) is 0 Å². The highest BCUT2D eigenvalue weighted by Gasteiger charge is 2.30. The summed E-state index contributed by atoms with van der Waals surface area (Å²) in [6, 6.07) is -0.321. The third-order valence-electron chi connectivity index (χ3n) is 3.76. The van der Waals surface area contributed by atoms with Crippen molar-refractivity contribution in [1.29, 1.82) is 0 Å². The number of nitrogens with zero attached hydrogens (tertiary/aromatic N) is 1. The maximum atomic E-state index is 12.3. The summed E-state index contributed by atoms with van der Waals surface area (Å²) in [5.41, 5.74) is 0. The van der Waals surface area contributed by atoms with Gasteiger partial charge >= 0.3 is 5.97 Å². The first kappa shape index (κ1) is 14.3. The average Bonchev–Trinajstić information content (AvgIpc) is 2.39. The zero-order valence-corrected chi connectivity index (χ0v) is 11.0. The molecule has 2 aliphatic rings. The molecule has 0 spiro atoms. The highest BCUT2D eigenvalue weighted by molar-refractivity contribution is 5.78.